The highest BCUT2D eigenvalue weighted by Gasteiger charge is 2.35. The summed E-state index contributed by atoms with van der Waals surface area (Å²) in [5.74, 6) is -0.385. The van der Waals surface area contributed by atoms with Gasteiger partial charge >= 0.3 is 10.1 Å². The maximum absolute atomic E-state index is 13.9. The molecule has 4 aromatic carbocycles. The van der Waals surface area contributed by atoms with E-state index in [0.717, 1.165) is 22.9 Å². The number of hydrogen-bond donors (Lipinski definition) is 0. The highest BCUT2D eigenvalue weighted by atomic mass is 79.9. The number of thioether (sulfide) groups is 1. The molecule has 0 radical (unpaired) electrons. The van der Waals surface area contributed by atoms with E-state index in [1.165, 1.54) is 29.2 Å². The SMILES string of the molecule is Cc1ccc(N=C2S/C(=C/c3cc(Br)cc(Br)c3OS(=O)(=O)c3ccc(Cl)cc3)C(=O)N2c2ccc(C)c(Cl)c2)cc1Cl. The Bertz CT molecular complexity index is 1950. The molecule has 13 heteroatoms. The van der Waals surface area contributed by atoms with Gasteiger partial charge in [0, 0.05) is 25.1 Å². The summed E-state index contributed by atoms with van der Waals surface area (Å²) < 4.78 is 32.9. The molecule has 1 aliphatic rings. The lowest BCUT2D eigenvalue weighted by Crippen LogP contribution is -2.28. The first kappa shape index (κ1) is 32.1. The minimum atomic E-state index is -4.24. The highest BCUT2D eigenvalue weighted by molar-refractivity contribution is 9.11. The van der Waals surface area contributed by atoms with Crippen molar-refractivity contribution in [2.45, 2.75) is 18.7 Å². The molecule has 6 nitrogen and oxygen atoms in total. The van der Waals surface area contributed by atoms with Crippen LogP contribution in [0.15, 0.2) is 96.5 Å². The summed E-state index contributed by atoms with van der Waals surface area (Å²) in [5, 5.41) is 1.78. The molecular weight excluding hydrogens is 783 g/mol. The zero-order valence-electron chi connectivity index (χ0n) is 22.2. The standard InChI is InChI=1S/C30H19Br2Cl3N2O4S2/c1-16-3-7-21(14-25(16)34)36-30-37(22-8-4-17(2)26(35)15-22)29(38)27(42-30)12-18-11-19(31)13-24(32)28(18)41-43(39,40)23-9-5-20(33)6-10-23/h3-15H,1-2H3/b27-12+,36-30?. The molecule has 4 aromatic rings. The maximum Gasteiger partial charge on any atom is 0.339 e. The average Bonchev–Trinajstić information content (AvgIpc) is 3.24. The number of aliphatic imine (C=N–C) groups is 1. The first-order valence-corrected chi connectivity index (χ1v) is 17.3. The second kappa shape index (κ2) is 13.0. The third-order valence-electron chi connectivity index (χ3n) is 6.22. The van der Waals surface area contributed by atoms with Crippen LogP contribution in [0.5, 0.6) is 5.75 Å². The van der Waals surface area contributed by atoms with Crippen LogP contribution in [0.3, 0.4) is 0 Å². The molecule has 0 bridgehead atoms. The Hall–Kier alpha value is -2.31. The highest BCUT2D eigenvalue weighted by Crippen LogP contribution is 2.42. The predicted octanol–water partition coefficient (Wildman–Crippen LogP) is 10.4. The molecule has 0 aromatic heterocycles. The van der Waals surface area contributed by atoms with Gasteiger partial charge in [0.1, 0.15) is 4.90 Å². The maximum atomic E-state index is 13.9. The molecule has 1 fully saturated rings. The molecule has 1 saturated heterocycles. The van der Waals surface area contributed by atoms with E-state index in [1.54, 1.807) is 42.5 Å². The van der Waals surface area contributed by atoms with Crippen molar-refractivity contribution < 1.29 is 17.4 Å². The largest absolute Gasteiger partial charge is 0.377 e. The Morgan fingerprint density at radius 1 is 0.884 bits per heavy atom. The Morgan fingerprint density at radius 3 is 2.19 bits per heavy atom. The van der Waals surface area contributed by atoms with Gasteiger partial charge in [0.25, 0.3) is 5.91 Å². The quantitative estimate of drug-likeness (QED) is 0.143. The van der Waals surface area contributed by atoms with E-state index in [-0.39, 0.29) is 21.5 Å². The third-order valence-corrected chi connectivity index (χ3v) is 10.5. The number of amidine groups is 1. The summed E-state index contributed by atoms with van der Waals surface area (Å²) in [4.78, 5) is 20.3. The number of carbonyl (C=O) groups excluding carboxylic acids is 1. The van der Waals surface area contributed by atoms with Gasteiger partial charge in [-0.3, -0.25) is 9.69 Å². The van der Waals surface area contributed by atoms with Gasteiger partial charge in [0.2, 0.25) is 0 Å². The Balaban J connectivity index is 1.61. The van der Waals surface area contributed by atoms with Gasteiger partial charge in [-0.25, -0.2) is 4.99 Å². The monoisotopic (exact) mass is 798 g/mol. The molecule has 43 heavy (non-hydrogen) atoms. The summed E-state index contributed by atoms with van der Waals surface area (Å²) in [7, 11) is -4.24. The lowest BCUT2D eigenvalue weighted by molar-refractivity contribution is -0.113. The number of benzene rings is 4. The summed E-state index contributed by atoms with van der Waals surface area (Å²) in [5.41, 5.74) is 3.15. The fraction of sp³-hybridized carbons (Fsp3) is 0.0667. The van der Waals surface area contributed by atoms with Gasteiger partial charge in [-0.1, -0.05) is 62.9 Å². The number of nitrogens with zero attached hydrogens (tertiary/aromatic N) is 2. The van der Waals surface area contributed by atoms with E-state index < -0.39 is 10.1 Å². The number of rotatable bonds is 6. The van der Waals surface area contributed by atoms with Gasteiger partial charge in [-0.05, 0) is 119 Å². The molecule has 0 spiro atoms. The lowest BCUT2D eigenvalue weighted by atomic mass is 10.1. The van der Waals surface area contributed by atoms with Gasteiger partial charge in [-0.15, -0.1) is 0 Å². The van der Waals surface area contributed by atoms with Crippen molar-refractivity contribution >= 4 is 117 Å². The second-order valence-corrected chi connectivity index (χ2v) is 14.9. The number of halogens is 5. The van der Waals surface area contributed by atoms with Crippen molar-refractivity contribution in [1.82, 2.24) is 0 Å². The van der Waals surface area contributed by atoms with E-state index in [4.69, 9.17) is 44.0 Å². The van der Waals surface area contributed by atoms with Crippen molar-refractivity contribution in [2.75, 3.05) is 4.90 Å². The normalized spacial score (nSPS) is 15.5. The first-order valence-electron chi connectivity index (χ1n) is 12.4. The minimum absolute atomic E-state index is 0.000291. The van der Waals surface area contributed by atoms with E-state index in [9.17, 15) is 13.2 Å². The average molecular weight is 802 g/mol. The minimum Gasteiger partial charge on any atom is -0.377 e. The number of carbonyl (C=O) groups is 1. The van der Waals surface area contributed by atoms with Crippen molar-refractivity contribution in [3.63, 3.8) is 0 Å². The number of hydrogen-bond acceptors (Lipinski definition) is 6. The van der Waals surface area contributed by atoms with Crippen LogP contribution in [0.25, 0.3) is 6.08 Å². The fourth-order valence-corrected chi connectivity index (χ4v) is 7.82. The molecule has 0 unspecified atom stereocenters. The summed E-state index contributed by atoms with van der Waals surface area (Å²) >= 11 is 26.7. The molecule has 0 saturated carbocycles. The third kappa shape index (κ3) is 7.17. The molecular formula is C30H19Br2Cl3N2O4S2. The van der Waals surface area contributed by atoms with Crippen LogP contribution in [0.2, 0.25) is 15.1 Å². The number of aryl methyl sites for hydroxylation is 2. The van der Waals surface area contributed by atoms with E-state index >= 15 is 0 Å². The summed E-state index contributed by atoms with van der Waals surface area (Å²) in [6.45, 7) is 3.75. The van der Waals surface area contributed by atoms with Gasteiger partial charge in [0.05, 0.1) is 20.8 Å². The van der Waals surface area contributed by atoms with Crippen LogP contribution in [-0.2, 0) is 14.9 Å². The predicted molar refractivity (Wildman–Crippen MR) is 184 cm³/mol. The molecule has 0 N–H and O–H groups in total. The van der Waals surface area contributed by atoms with Crippen molar-refractivity contribution in [3.8, 4) is 5.75 Å². The van der Waals surface area contributed by atoms with Crippen LogP contribution in [0.4, 0.5) is 11.4 Å². The zero-order chi connectivity index (χ0) is 31.1. The molecule has 0 aliphatic carbocycles. The fourth-order valence-electron chi connectivity index (χ4n) is 3.93. The Morgan fingerprint density at radius 2 is 1.53 bits per heavy atom. The van der Waals surface area contributed by atoms with Crippen molar-refractivity contribution in [2.24, 2.45) is 4.99 Å². The number of amides is 1. The van der Waals surface area contributed by atoms with Crippen LogP contribution in [0.1, 0.15) is 16.7 Å². The van der Waals surface area contributed by atoms with Crippen molar-refractivity contribution in [3.05, 3.63) is 118 Å². The molecule has 1 aliphatic heterocycles. The van der Waals surface area contributed by atoms with E-state index in [0.29, 0.717) is 46.1 Å². The van der Waals surface area contributed by atoms with Crippen molar-refractivity contribution in [1.29, 1.82) is 0 Å². The summed E-state index contributed by atoms with van der Waals surface area (Å²) in [6, 6.07) is 19.6. The first-order chi connectivity index (χ1) is 20.3. The number of anilines is 1. The Kier molecular flexibility index (Phi) is 9.68. The van der Waals surface area contributed by atoms with Crippen LogP contribution in [-0.4, -0.2) is 19.5 Å². The second-order valence-electron chi connectivity index (χ2n) is 9.31. The molecule has 0 atom stereocenters. The topological polar surface area (TPSA) is 76.0 Å². The van der Waals surface area contributed by atoms with E-state index in [2.05, 4.69) is 31.9 Å². The molecule has 1 amide bonds. The van der Waals surface area contributed by atoms with Crippen LogP contribution >= 0.6 is 78.4 Å². The van der Waals surface area contributed by atoms with E-state index in [1.807, 2.05) is 26.0 Å². The van der Waals surface area contributed by atoms with Gasteiger partial charge < -0.3 is 4.18 Å². The van der Waals surface area contributed by atoms with Gasteiger partial charge in [-0.2, -0.15) is 8.42 Å². The molecule has 1 heterocycles. The van der Waals surface area contributed by atoms with Crippen LogP contribution < -0.4 is 9.08 Å². The smallest absolute Gasteiger partial charge is 0.339 e. The summed E-state index contributed by atoms with van der Waals surface area (Å²) in [6.07, 6.45) is 1.56. The van der Waals surface area contributed by atoms with Crippen LogP contribution in [0, 0.1) is 13.8 Å². The Labute approximate surface area is 285 Å². The molecule has 5 rings (SSSR count). The lowest BCUT2D eigenvalue weighted by Gasteiger charge is -2.17. The molecule has 220 valence electrons. The van der Waals surface area contributed by atoms with Gasteiger partial charge in [0.15, 0.2) is 10.9 Å². The zero-order valence-corrected chi connectivity index (χ0v) is 29.3.